The number of carbonyl (C=O) groups excluding carboxylic acids is 2. The van der Waals surface area contributed by atoms with Gasteiger partial charge in [0.1, 0.15) is 5.82 Å². The van der Waals surface area contributed by atoms with Gasteiger partial charge >= 0.3 is 0 Å². The number of likely N-dealkylation sites (tertiary alicyclic amines) is 1. The number of aromatic nitrogens is 3. The predicted molar refractivity (Wildman–Crippen MR) is 117 cm³/mol. The summed E-state index contributed by atoms with van der Waals surface area (Å²) < 4.78 is 0. The lowest BCUT2D eigenvalue weighted by Gasteiger charge is -2.36. The van der Waals surface area contributed by atoms with Gasteiger partial charge in [0.05, 0.1) is 24.8 Å². The van der Waals surface area contributed by atoms with Crippen LogP contribution in [-0.4, -0.2) is 51.3 Å². The number of nitrogens with one attached hydrogen (secondary N) is 1. The number of hydrogen-bond acceptors (Lipinski definition) is 6. The van der Waals surface area contributed by atoms with Crippen LogP contribution in [0.3, 0.4) is 0 Å². The minimum atomic E-state index is -0.201. The fraction of sp³-hybridized carbons (Fsp3) is 0.522. The Bertz CT molecular complexity index is 949. The summed E-state index contributed by atoms with van der Waals surface area (Å²) in [6, 6.07) is 5.81. The van der Waals surface area contributed by atoms with E-state index in [9.17, 15) is 9.59 Å². The van der Waals surface area contributed by atoms with Crippen molar-refractivity contribution in [3.63, 3.8) is 0 Å². The molecule has 1 fully saturated rings. The first-order valence-corrected chi connectivity index (χ1v) is 11.1. The van der Waals surface area contributed by atoms with Gasteiger partial charge in [-0.15, -0.1) is 0 Å². The normalized spacial score (nSPS) is 18.5. The zero-order valence-electron chi connectivity index (χ0n) is 18.3. The van der Waals surface area contributed by atoms with Gasteiger partial charge in [0, 0.05) is 37.5 Å². The molecule has 2 aliphatic rings. The second-order valence-electron chi connectivity index (χ2n) is 8.32. The average Bonchev–Trinajstić information content (AvgIpc) is 2.78. The standard InChI is InChI=1S/C23H30N6O2/c1-16-19-9-7-12-28(15-18-8-3-5-11-24-18)23(19)27-22(26-16)20-10-4-6-13-29(20)21(31)14-25-17(2)30/h3,5,8,11,20H,4,6-7,9-10,12-15H2,1-2H3,(H,25,30). The van der Waals surface area contributed by atoms with Crippen molar-refractivity contribution in [2.24, 2.45) is 0 Å². The molecule has 0 bridgehead atoms. The molecule has 8 heteroatoms. The van der Waals surface area contributed by atoms with Gasteiger partial charge in [-0.3, -0.25) is 14.6 Å². The van der Waals surface area contributed by atoms with Gasteiger partial charge in [0.2, 0.25) is 11.8 Å². The van der Waals surface area contributed by atoms with Crippen molar-refractivity contribution >= 4 is 17.6 Å². The minimum absolute atomic E-state index is 0.0154. The summed E-state index contributed by atoms with van der Waals surface area (Å²) in [5.74, 6) is 1.40. The number of rotatable bonds is 5. The van der Waals surface area contributed by atoms with Gasteiger partial charge in [-0.1, -0.05) is 6.07 Å². The van der Waals surface area contributed by atoms with Gasteiger partial charge in [-0.2, -0.15) is 0 Å². The summed E-state index contributed by atoms with van der Waals surface area (Å²) in [5, 5.41) is 2.62. The summed E-state index contributed by atoms with van der Waals surface area (Å²) >= 11 is 0. The van der Waals surface area contributed by atoms with E-state index in [1.165, 1.54) is 12.5 Å². The molecule has 1 atom stereocenters. The maximum Gasteiger partial charge on any atom is 0.242 e. The summed E-state index contributed by atoms with van der Waals surface area (Å²) in [4.78, 5) is 42.5. The van der Waals surface area contributed by atoms with Gasteiger partial charge in [0.15, 0.2) is 5.82 Å². The van der Waals surface area contributed by atoms with Crippen molar-refractivity contribution in [1.29, 1.82) is 0 Å². The van der Waals surface area contributed by atoms with Crippen molar-refractivity contribution in [2.45, 2.75) is 58.5 Å². The molecule has 4 rings (SSSR count). The van der Waals surface area contributed by atoms with E-state index >= 15 is 0 Å². The number of fused-ring (bicyclic) bond motifs is 1. The summed E-state index contributed by atoms with van der Waals surface area (Å²) in [5.41, 5.74) is 3.20. The number of pyridine rings is 1. The molecule has 0 aromatic carbocycles. The Labute approximate surface area is 183 Å². The van der Waals surface area contributed by atoms with Crippen molar-refractivity contribution < 1.29 is 9.59 Å². The van der Waals surface area contributed by atoms with Crippen LogP contribution in [0.2, 0.25) is 0 Å². The maximum atomic E-state index is 12.8. The molecule has 0 radical (unpaired) electrons. The first-order valence-electron chi connectivity index (χ1n) is 11.1. The highest BCUT2D eigenvalue weighted by Gasteiger charge is 2.32. The Morgan fingerprint density at radius 2 is 2.03 bits per heavy atom. The highest BCUT2D eigenvalue weighted by atomic mass is 16.2. The number of carbonyl (C=O) groups is 2. The van der Waals surface area contributed by atoms with Crippen LogP contribution in [0, 0.1) is 6.92 Å². The molecule has 4 heterocycles. The van der Waals surface area contributed by atoms with Crippen LogP contribution in [-0.2, 0) is 22.6 Å². The second-order valence-corrected chi connectivity index (χ2v) is 8.32. The molecule has 2 amide bonds. The van der Waals surface area contributed by atoms with E-state index in [2.05, 4.69) is 15.2 Å². The van der Waals surface area contributed by atoms with Crippen molar-refractivity contribution in [3.05, 3.63) is 47.2 Å². The van der Waals surface area contributed by atoms with E-state index in [4.69, 9.17) is 9.97 Å². The molecule has 31 heavy (non-hydrogen) atoms. The third-order valence-corrected chi connectivity index (χ3v) is 6.05. The molecule has 0 spiro atoms. The fourth-order valence-electron chi connectivity index (χ4n) is 4.50. The molecule has 2 aliphatic heterocycles. The molecule has 164 valence electrons. The monoisotopic (exact) mass is 422 g/mol. The van der Waals surface area contributed by atoms with E-state index in [0.29, 0.717) is 18.9 Å². The maximum absolute atomic E-state index is 12.8. The zero-order valence-corrected chi connectivity index (χ0v) is 18.3. The quantitative estimate of drug-likeness (QED) is 0.795. The van der Waals surface area contributed by atoms with Crippen LogP contribution in [0.1, 0.15) is 61.4 Å². The number of hydrogen-bond donors (Lipinski definition) is 1. The van der Waals surface area contributed by atoms with Crippen molar-refractivity contribution in [1.82, 2.24) is 25.2 Å². The lowest BCUT2D eigenvalue weighted by molar-refractivity contribution is -0.136. The fourth-order valence-corrected chi connectivity index (χ4v) is 4.50. The molecule has 1 N–H and O–H groups in total. The van der Waals surface area contributed by atoms with Gasteiger partial charge in [-0.25, -0.2) is 9.97 Å². The van der Waals surface area contributed by atoms with Crippen LogP contribution in [0.5, 0.6) is 0 Å². The third-order valence-electron chi connectivity index (χ3n) is 6.05. The van der Waals surface area contributed by atoms with E-state index in [1.807, 2.05) is 36.2 Å². The van der Waals surface area contributed by atoms with E-state index in [1.54, 1.807) is 0 Å². The Morgan fingerprint density at radius 1 is 1.16 bits per heavy atom. The number of piperidine rings is 1. The van der Waals surface area contributed by atoms with E-state index in [0.717, 1.165) is 55.9 Å². The smallest absolute Gasteiger partial charge is 0.242 e. The predicted octanol–water partition coefficient (Wildman–Crippen LogP) is 2.32. The molecule has 0 aliphatic carbocycles. The zero-order chi connectivity index (χ0) is 21.8. The molecule has 2 aromatic heterocycles. The molecule has 8 nitrogen and oxygen atoms in total. The minimum Gasteiger partial charge on any atom is -0.350 e. The van der Waals surface area contributed by atoms with Crippen molar-refractivity contribution in [3.8, 4) is 0 Å². The summed E-state index contributed by atoms with van der Waals surface area (Å²) in [6.07, 6.45) is 6.68. The summed E-state index contributed by atoms with van der Waals surface area (Å²) in [6.45, 7) is 5.78. The van der Waals surface area contributed by atoms with Crippen LogP contribution in [0.4, 0.5) is 5.82 Å². The molecular weight excluding hydrogens is 392 g/mol. The van der Waals surface area contributed by atoms with E-state index < -0.39 is 0 Å². The Kier molecular flexibility index (Phi) is 6.44. The van der Waals surface area contributed by atoms with Gasteiger partial charge in [0.25, 0.3) is 0 Å². The van der Waals surface area contributed by atoms with Crippen LogP contribution in [0.15, 0.2) is 24.4 Å². The number of aryl methyl sites for hydroxylation is 1. The molecule has 0 saturated carbocycles. The Morgan fingerprint density at radius 3 is 2.81 bits per heavy atom. The largest absolute Gasteiger partial charge is 0.350 e. The van der Waals surface area contributed by atoms with Gasteiger partial charge < -0.3 is 15.1 Å². The SMILES string of the molecule is CC(=O)NCC(=O)N1CCCCC1c1nc(C)c2c(n1)N(Cc1ccccn1)CCC2. The van der Waals surface area contributed by atoms with Gasteiger partial charge in [-0.05, 0) is 51.2 Å². The van der Waals surface area contributed by atoms with Crippen LogP contribution < -0.4 is 10.2 Å². The lowest BCUT2D eigenvalue weighted by Crippen LogP contribution is -2.44. The summed E-state index contributed by atoms with van der Waals surface area (Å²) in [7, 11) is 0. The third kappa shape index (κ3) is 4.84. The highest BCUT2D eigenvalue weighted by molar-refractivity contribution is 5.84. The Balaban J connectivity index is 1.62. The topological polar surface area (TPSA) is 91.3 Å². The number of amides is 2. The number of nitrogens with zero attached hydrogens (tertiary/aromatic N) is 5. The first-order chi connectivity index (χ1) is 15.0. The van der Waals surface area contributed by atoms with Crippen LogP contribution in [0.25, 0.3) is 0 Å². The van der Waals surface area contributed by atoms with E-state index in [-0.39, 0.29) is 24.4 Å². The molecule has 1 unspecified atom stereocenters. The molecule has 2 aromatic rings. The average molecular weight is 423 g/mol. The second kappa shape index (κ2) is 9.41. The van der Waals surface area contributed by atoms with Crippen LogP contribution >= 0.6 is 0 Å². The number of anilines is 1. The molecular formula is C23H30N6O2. The lowest BCUT2D eigenvalue weighted by atomic mass is 9.99. The first kappa shape index (κ1) is 21.2. The molecule has 1 saturated heterocycles. The highest BCUT2D eigenvalue weighted by Crippen LogP contribution is 2.34. The van der Waals surface area contributed by atoms with Crippen molar-refractivity contribution in [2.75, 3.05) is 24.5 Å². The Hall–Kier alpha value is -3.03.